The average Bonchev–Trinajstić information content (AvgIpc) is 2.73. The Morgan fingerprint density at radius 2 is 1.93 bits per heavy atom. The summed E-state index contributed by atoms with van der Waals surface area (Å²) in [7, 11) is -3.27. The fourth-order valence-corrected chi connectivity index (χ4v) is 5.09. The molecule has 4 rings (SSSR count). The van der Waals surface area contributed by atoms with E-state index in [4.69, 9.17) is 0 Å². The van der Waals surface area contributed by atoms with E-state index in [1.807, 2.05) is 18.2 Å². The summed E-state index contributed by atoms with van der Waals surface area (Å²) in [6.07, 6.45) is 7.42. The van der Waals surface area contributed by atoms with Gasteiger partial charge in [0.2, 0.25) is 10.0 Å². The molecule has 0 aliphatic carbocycles. The number of fused-ring (bicyclic) bond motifs is 1. The Hall–Kier alpha value is -2.23. The number of hydrogen-bond acceptors (Lipinski definition) is 7. The van der Waals surface area contributed by atoms with Crippen LogP contribution in [0.2, 0.25) is 0 Å². The first-order valence-electron chi connectivity index (χ1n) is 9.94. The van der Waals surface area contributed by atoms with Gasteiger partial charge < -0.3 is 10.0 Å². The Morgan fingerprint density at radius 1 is 1.14 bits per heavy atom. The van der Waals surface area contributed by atoms with Crippen molar-refractivity contribution in [3.05, 3.63) is 47.9 Å². The number of benzene rings is 1. The van der Waals surface area contributed by atoms with Crippen molar-refractivity contribution < 1.29 is 13.5 Å². The van der Waals surface area contributed by atoms with Gasteiger partial charge in [0.1, 0.15) is 5.82 Å². The van der Waals surface area contributed by atoms with E-state index in [0.29, 0.717) is 13.1 Å². The molecule has 2 aliphatic rings. The molecule has 1 fully saturated rings. The van der Waals surface area contributed by atoms with E-state index in [-0.39, 0.29) is 0 Å². The molecule has 0 bridgehead atoms. The van der Waals surface area contributed by atoms with Gasteiger partial charge in [-0.1, -0.05) is 12.1 Å². The summed E-state index contributed by atoms with van der Waals surface area (Å²) in [6.45, 7) is 4.46. The molecule has 2 aromatic rings. The number of rotatable bonds is 5. The van der Waals surface area contributed by atoms with Crippen LogP contribution in [0, 0.1) is 0 Å². The minimum atomic E-state index is -3.27. The minimum Gasteiger partial charge on any atom is -0.387 e. The quantitative estimate of drug-likeness (QED) is 0.778. The molecule has 29 heavy (non-hydrogen) atoms. The third kappa shape index (κ3) is 4.52. The Morgan fingerprint density at radius 3 is 2.62 bits per heavy atom. The van der Waals surface area contributed by atoms with Crippen LogP contribution in [0.1, 0.15) is 23.7 Å². The van der Waals surface area contributed by atoms with Gasteiger partial charge >= 0.3 is 0 Å². The number of hydrogen-bond donors (Lipinski definition) is 1. The molecule has 0 saturated carbocycles. The highest BCUT2D eigenvalue weighted by Gasteiger charge is 2.26. The zero-order valence-electron chi connectivity index (χ0n) is 16.6. The molecular weight excluding hydrogens is 390 g/mol. The first kappa shape index (κ1) is 20.1. The third-order valence-corrected chi connectivity index (χ3v) is 6.82. The molecule has 156 valence electrons. The van der Waals surface area contributed by atoms with Crippen molar-refractivity contribution in [3.8, 4) is 0 Å². The van der Waals surface area contributed by atoms with Crippen LogP contribution < -0.4 is 9.21 Å². The zero-order valence-corrected chi connectivity index (χ0v) is 17.4. The van der Waals surface area contributed by atoms with Crippen molar-refractivity contribution >= 4 is 21.5 Å². The molecule has 0 spiro atoms. The molecule has 8 nitrogen and oxygen atoms in total. The highest BCUT2D eigenvalue weighted by atomic mass is 32.2. The fourth-order valence-electron chi connectivity index (χ4n) is 4.10. The maximum atomic E-state index is 12.0. The second kappa shape index (κ2) is 8.25. The van der Waals surface area contributed by atoms with Gasteiger partial charge in [-0.25, -0.2) is 13.4 Å². The average molecular weight is 418 g/mol. The van der Waals surface area contributed by atoms with E-state index in [9.17, 15) is 13.5 Å². The summed E-state index contributed by atoms with van der Waals surface area (Å²) in [6, 6.07) is 5.65. The highest BCUT2D eigenvalue weighted by Crippen LogP contribution is 2.31. The second-order valence-corrected chi connectivity index (χ2v) is 9.60. The van der Waals surface area contributed by atoms with E-state index in [1.54, 1.807) is 18.6 Å². The third-order valence-electron chi connectivity index (χ3n) is 5.64. The van der Waals surface area contributed by atoms with Gasteiger partial charge in [0, 0.05) is 51.7 Å². The predicted octanol–water partition coefficient (Wildman–Crippen LogP) is 1.04. The van der Waals surface area contributed by atoms with E-state index in [2.05, 4.69) is 19.8 Å². The maximum Gasteiger partial charge on any atom is 0.232 e. The molecule has 1 N–H and O–H groups in total. The molecular formula is C20H27N5O3S. The predicted molar refractivity (Wildman–Crippen MR) is 113 cm³/mol. The molecule has 2 aliphatic heterocycles. The highest BCUT2D eigenvalue weighted by molar-refractivity contribution is 7.92. The van der Waals surface area contributed by atoms with E-state index in [1.165, 1.54) is 10.6 Å². The van der Waals surface area contributed by atoms with Crippen LogP contribution in [0.15, 0.2) is 36.8 Å². The maximum absolute atomic E-state index is 12.0. The van der Waals surface area contributed by atoms with Crippen LogP contribution in [0.3, 0.4) is 0 Å². The Bertz CT molecular complexity index is 946. The standard InChI is InChI=1S/C20H27N5O3S/c1-29(27,28)25-8-2-3-16-13-17(4-5-18(16)25)19(26)15-23-9-11-24(12-10-23)20-14-21-6-7-22-20/h4-7,13-14,19,26H,2-3,8-12,15H2,1H3. The van der Waals surface area contributed by atoms with Crippen LogP contribution in [-0.2, 0) is 16.4 Å². The van der Waals surface area contributed by atoms with E-state index in [0.717, 1.165) is 61.7 Å². The van der Waals surface area contributed by atoms with Crippen molar-refractivity contribution in [2.24, 2.45) is 0 Å². The monoisotopic (exact) mass is 417 g/mol. The van der Waals surface area contributed by atoms with Crippen molar-refractivity contribution in [2.45, 2.75) is 18.9 Å². The minimum absolute atomic E-state index is 0.518. The van der Waals surface area contributed by atoms with Gasteiger partial charge in [-0.05, 0) is 30.0 Å². The molecule has 3 heterocycles. The number of sulfonamides is 1. The molecule has 1 saturated heterocycles. The second-order valence-electron chi connectivity index (χ2n) is 7.69. The molecule has 0 radical (unpaired) electrons. The normalized spacial score (nSPS) is 19.1. The number of aliphatic hydroxyl groups excluding tert-OH is 1. The Kier molecular flexibility index (Phi) is 5.71. The van der Waals surface area contributed by atoms with Crippen molar-refractivity contribution in [3.63, 3.8) is 0 Å². The summed E-state index contributed by atoms with van der Waals surface area (Å²) in [5.41, 5.74) is 2.58. The number of piperazine rings is 1. The molecule has 1 atom stereocenters. The largest absolute Gasteiger partial charge is 0.387 e. The smallest absolute Gasteiger partial charge is 0.232 e. The van der Waals surface area contributed by atoms with Gasteiger partial charge in [0.15, 0.2) is 0 Å². The number of aliphatic hydroxyl groups is 1. The van der Waals surface area contributed by atoms with Crippen molar-refractivity contribution in [1.82, 2.24) is 14.9 Å². The molecule has 0 amide bonds. The number of aryl methyl sites for hydroxylation is 1. The number of aromatic nitrogens is 2. The molecule has 1 unspecified atom stereocenters. The lowest BCUT2D eigenvalue weighted by Crippen LogP contribution is -2.47. The van der Waals surface area contributed by atoms with Crippen LogP contribution in [0.25, 0.3) is 0 Å². The molecule has 9 heteroatoms. The topological polar surface area (TPSA) is 89.9 Å². The number of β-amino-alcohol motifs (C(OH)–C–C–N with tert-alkyl or cyclic N) is 1. The lowest BCUT2D eigenvalue weighted by molar-refractivity contribution is 0.109. The first-order valence-corrected chi connectivity index (χ1v) is 11.8. The summed E-state index contributed by atoms with van der Waals surface area (Å²) in [4.78, 5) is 12.9. The van der Waals surface area contributed by atoms with E-state index >= 15 is 0 Å². The van der Waals surface area contributed by atoms with E-state index < -0.39 is 16.1 Å². The SMILES string of the molecule is CS(=O)(=O)N1CCCc2cc(C(O)CN3CCN(c4cnccn4)CC3)ccc21. The van der Waals surface area contributed by atoms with Crippen molar-refractivity contribution in [2.75, 3.05) is 54.7 Å². The van der Waals surface area contributed by atoms with Crippen LogP contribution in [0.5, 0.6) is 0 Å². The Labute approximate surface area is 171 Å². The van der Waals surface area contributed by atoms with Gasteiger partial charge in [-0.15, -0.1) is 0 Å². The molecule has 1 aromatic carbocycles. The zero-order chi connectivity index (χ0) is 20.4. The van der Waals surface area contributed by atoms with Gasteiger partial charge in [0.25, 0.3) is 0 Å². The summed E-state index contributed by atoms with van der Waals surface area (Å²) >= 11 is 0. The van der Waals surface area contributed by atoms with Gasteiger partial charge in [-0.3, -0.25) is 14.2 Å². The summed E-state index contributed by atoms with van der Waals surface area (Å²) in [5.74, 6) is 0.887. The number of nitrogens with zero attached hydrogens (tertiary/aromatic N) is 5. The van der Waals surface area contributed by atoms with Gasteiger partial charge in [-0.2, -0.15) is 0 Å². The van der Waals surface area contributed by atoms with Crippen LogP contribution in [-0.4, -0.2) is 73.9 Å². The summed E-state index contributed by atoms with van der Waals surface area (Å²) in [5, 5.41) is 10.8. The number of anilines is 2. The Balaban J connectivity index is 1.39. The van der Waals surface area contributed by atoms with Gasteiger partial charge in [0.05, 0.1) is 24.2 Å². The lowest BCUT2D eigenvalue weighted by Gasteiger charge is -2.36. The van der Waals surface area contributed by atoms with Crippen LogP contribution >= 0.6 is 0 Å². The first-order chi connectivity index (χ1) is 13.9. The lowest BCUT2D eigenvalue weighted by atomic mass is 9.98. The fraction of sp³-hybridized carbons (Fsp3) is 0.500. The van der Waals surface area contributed by atoms with Crippen LogP contribution in [0.4, 0.5) is 11.5 Å². The van der Waals surface area contributed by atoms with Crippen molar-refractivity contribution in [1.29, 1.82) is 0 Å². The summed E-state index contributed by atoms with van der Waals surface area (Å²) < 4.78 is 25.5. The molecule has 1 aromatic heterocycles.